The topological polar surface area (TPSA) is 93.1 Å². The van der Waals surface area contributed by atoms with Gasteiger partial charge in [0.1, 0.15) is 12.5 Å². The van der Waals surface area contributed by atoms with E-state index in [0.717, 1.165) is 27.8 Å². The molecule has 0 bridgehead atoms. The Morgan fingerprint density at radius 1 is 0.829 bits per heavy atom. The van der Waals surface area contributed by atoms with Crippen molar-refractivity contribution in [1.82, 2.24) is 0 Å². The van der Waals surface area contributed by atoms with Gasteiger partial charge in [-0.15, -0.1) is 0 Å². The third-order valence-electron chi connectivity index (χ3n) is 5.88. The van der Waals surface area contributed by atoms with E-state index in [1.165, 1.54) is 7.11 Å². The molecule has 6 nitrogen and oxygen atoms in total. The van der Waals surface area contributed by atoms with Crippen LogP contribution in [0, 0.1) is 5.92 Å². The molecule has 3 aromatic carbocycles. The van der Waals surface area contributed by atoms with Crippen molar-refractivity contribution in [3.05, 3.63) is 107 Å². The van der Waals surface area contributed by atoms with Crippen LogP contribution in [0.25, 0.3) is 0 Å². The van der Waals surface area contributed by atoms with E-state index in [1.54, 1.807) is 0 Å². The smallest absolute Gasteiger partial charge is 0.314 e. The zero-order valence-electron chi connectivity index (χ0n) is 19.9. The molecule has 0 aromatic heterocycles. The molecule has 0 saturated carbocycles. The van der Waals surface area contributed by atoms with Crippen LogP contribution >= 0.6 is 0 Å². The highest BCUT2D eigenvalue weighted by Crippen LogP contribution is 2.18. The summed E-state index contributed by atoms with van der Waals surface area (Å²) in [4.78, 5) is 23.9. The first-order chi connectivity index (χ1) is 17.0. The number of carbonyl (C=O) groups is 2. The molecule has 0 radical (unpaired) electrons. The average Bonchev–Trinajstić information content (AvgIpc) is 2.87. The average molecular weight is 477 g/mol. The van der Waals surface area contributed by atoms with Gasteiger partial charge in [0.05, 0.1) is 26.2 Å². The van der Waals surface area contributed by atoms with Crippen molar-refractivity contribution in [3.63, 3.8) is 0 Å². The Hall–Kier alpha value is -3.48. The molecule has 0 amide bonds. The van der Waals surface area contributed by atoms with E-state index in [0.29, 0.717) is 19.3 Å². The van der Waals surface area contributed by atoms with Crippen molar-refractivity contribution in [2.45, 2.75) is 38.4 Å². The standard InChI is InChI=1S/C29H32O6/c1-34-28(32)18-25-12-6-11-24(17-25)16-23-10-5-9-21(15-23)13-14-27(31)26(19-30)29(33)35-20-22-7-3-2-4-8-22/h2-12,15,17,26-27,30-31H,13-14,16,18-20H2,1H3/t26-,27-/m1/s1. The summed E-state index contributed by atoms with van der Waals surface area (Å²) in [6, 6.07) is 25.2. The van der Waals surface area contributed by atoms with E-state index in [-0.39, 0.29) is 19.0 Å². The third-order valence-corrected chi connectivity index (χ3v) is 5.88. The molecule has 0 heterocycles. The molecule has 2 N–H and O–H groups in total. The molecule has 0 aliphatic heterocycles. The van der Waals surface area contributed by atoms with Crippen molar-refractivity contribution >= 4 is 11.9 Å². The molecule has 0 aliphatic rings. The number of hydrogen-bond acceptors (Lipinski definition) is 6. The summed E-state index contributed by atoms with van der Waals surface area (Å²) < 4.78 is 10.0. The van der Waals surface area contributed by atoms with Crippen LogP contribution in [0.5, 0.6) is 0 Å². The van der Waals surface area contributed by atoms with Gasteiger partial charge < -0.3 is 19.7 Å². The van der Waals surface area contributed by atoms with E-state index in [1.807, 2.05) is 72.8 Å². The first-order valence-corrected chi connectivity index (χ1v) is 11.7. The summed E-state index contributed by atoms with van der Waals surface area (Å²) in [6.45, 7) is -0.373. The van der Waals surface area contributed by atoms with Crippen molar-refractivity contribution in [2.24, 2.45) is 5.92 Å². The lowest BCUT2D eigenvalue weighted by molar-refractivity contribution is -0.156. The van der Waals surface area contributed by atoms with Crippen LogP contribution in [0.3, 0.4) is 0 Å². The maximum absolute atomic E-state index is 12.4. The predicted molar refractivity (Wildman–Crippen MR) is 133 cm³/mol. The van der Waals surface area contributed by atoms with Crippen molar-refractivity contribution in [1.29, 1.82) is 0 Å². The fraction of sp³-hybridized carbons (Fsp3) is 0.310. The number of rotatable bonds is 12. The van der Waals surface area contributed by atoms with E-state index in [2.05, 4.69) is 6.07 Å². The zero-order valence-corrected chi connectivity index (χ0v) is 19.9. The summed E-state index contributed by atoms with van der Waals surface area (Å²) in [5.74, 6) is -1.86. The lowest BCUT2D eigenvalue weighted by Crippen LogP contribution is -2.33. The van der Waals surface area contributed by atoms with Gasteiger partial charge in [0.25, 0.3) is 0 Å². The maximum Gasteiger partial charge on any atom is 0.314 e. The monoisotopic (exact) mass is 476 g/mol. The zero-order chi connectivity index (χ0) is 25.0. The van der Waals surface area contributed by atoms with Gasteiger partial charge in [0, 0.05) is 0 Å². The highest BCUT2D eigenvalue weighted by molar-refractivity contribution is 5.73. The summed E-state index contributed by atoms with van der Waals surface area (Å²) in [6.07, 6.45) is 0.809. The quantitative estimate of drug-likeness (QED) is 0.388. The Morgan fingerprint density at radius 2 is 1.43 bits per heavy atom. The molecule has 0 fully saturated rings. The number of methoxy groups -OCH3 is 1. The molecular formula is C29H32O6. The second kappa shape index (κ2) is 13.4. The second-order valence-electron chi connectivity index (χ2n) is 8.56. The predicted octanol–water partition coefficient (Wildman–Crippen LogP) is 3.64. The number of esters is 2. The lowest BCUT2D eigenvalue weighted by Gasteiger charge is -2.20. The van der Waals surface area contributed by atoms with Gasteiger partial charge in [0.15, 0.2) is 0 Å². The first kappa shape index (κ1) is 26.1. The lowest BCUT2D eigenvalue weighted by atomic mass is 9.95. The van der Waals surface area contributed by atoms with Gasteiger partial charge in [-0.3, -0.25) is 9.59 Å². The number of benzene rings is 3. The van der Waals surface area contributed by atoms with Gasteiger partial charge in [-0.05, 0) is 47.1 Å². The van der Waals surface area contributed by atoms with E-state index in [4.69, 9.17) is 9.47 Å². The molecule has 3 rings (SSSR count). The molecule has 35 heavy (non-hydrogen) atoms. The van der Waals surface area contributed by atoms with Crippen LogP contribution in [0.1, 0.15) is 34.2 Å². The van der Waals surface area contributed by atoms with E-state index >= 15 is 0 Å². The molecular weight excluding hydrogens is 444 g/mol. The Balaban J connectivity index is 1.54. The summed E-state index contributed by atoms with van der Waals surface area (Å²) in [7, 11) is 1.38. The number of aryl methyl sites for hydroxylation is 1. The third kappa shape index (κ3) is 8.35. The molecule has 0 aliphatic carbocycles. The van der Waals surface area contributed by atoms with Gasteiger partial charge in [-0.2, -0.15) is 0 Å². The maximum atomic E-state index is 12.4. The van der Waals surface area contributed by atoms with Crippen LogP contribution in [-0.2, 0) is 44.9 Å². The summed E-state index contributed by atoms with van der Waals surface area (Å²) >= 11 is 0. The number of hydrogen-bond donors (Lipinski definition) is 2. The fourth-order valence-electron chi connectivity index (χ4n) is 3.92. The van der Waals surface area contributed by atoms with Crippen LogP contribution in [0.15, 0.2) is 78.9 Å². The number of ether oxygens (including phenoxy) is 2. The minimum absolute atomic E-state index is 0.103. The van der Waals surface area contributed by atoms with Gasteiger partial charge in [-0.25, -0.2) is 0 Å². The van der Waals surface area contributed by atoms with Crippen LogP contribution in [0.2, 0.25) is 0 Å². The SMILES string of the molecule is COC(=O)Cc1cccc(Cc2cccc(CC[C@@H](O)[C@@H](CO)C(=O)OCc3ccccc3)c2)c1. The van der Waals surface area contributed by atoms with Gasteiger partial charge in [-0.1, -0.05) is 78.9 Å². The highest BCUT2D eigenvalue weighted by Gasteiger charge is 2.27. The minimum atomic E-state index is -1.01. The van der Waals surface area contributed by atoms with Crippen LogP contribution in [0.4, 0.5) is 0 Å². The Kier molecular flexibility index (Phi) is 10.0. The molecule has 0 saturated heterocycles. The molecule has 0 spiro atoms. The number of carbonyl (C=O) groups excluding carboxylic acids is 2. The largest absolute Gasteiger partial charge is 0.469 e. The minimum Gasteiger partial charge on any atom is -0.469 e. The van der Waals surface area contributed by atoms with Gasteiger partial charge in [0.2, 0.25) is 0 Å². The second-order valence-corrected chi connectivity index (χ2v) is 8.56. The summed E-state index contributed by atoms with van der Waals surface area (Å²) in [5.41, 5.74) is 4.97. The molecule has 2 atom stereocenters. The number of aliphatic hydroxyl groups excluding tert-OH is 2. The van der Waals surface area contributed by atoms with Gasteiger partial charge >= 0.3 is 11.9 Å². The molecule has 0 unspecified atom stereocenters. The Labute approximate surface area is 206 Å². The van der Waals surface area contributed by atoms with Crippen molar-refractivity contribution < 1.29 is 29.3 Å². The highest BCUT2D eigenvalue weighted by atomic mass is 16.5. The first-order valence-electron chi connectivity index (χ1n) is 11.7. The van der Waals surface area contributed by atoms with Crippen molar-refractivity contribution in [2.75, 3.05) is 13.7 Å². The summed E-state index contributed by atoms with van der Waals surface area (Å²) in [5, 5.41) is 20.2. The van der Waals surface area contributed by atoms with Crippen LogP contribution in [-0.4, -0.2) is 42.0 Å². The molecule has 6 heteroatoms. The molecule has 184 valence electrons. The normalized spacial score (nSPS) is 12.5. The Bertz CT molecular complexity index is 1100. The van der Waals surface area contributed by atoms with Crippen LogP contribution < -0.4 is 0 Å². The van der Waals surface area contributed by atoms with Crippen molar-refractivity contribution in [3.8, 4) is 0 Å². The van der Waals surface area contributed by atoms with E-state index in [9.17, 15) is 19.8 Å². The fourth-order valence-corrected chi connectivity index (χ4v) is 3.92. The molecule has 3 aromatic rings. The number of aliphatic hydroxyl groups is 2. The van der Waals surface area contributed by atoms with E-state index < -0.39 is 24.6 Å². The Morgan fingerprint density at radius 3 is 2.09 bits per heavy atom.